The molecule has 0 bridgehead atoms. The number of aryl methyl sites for hydroxylation is 2. The third kappa shape index (κ3) is 5.86. The molecule has 1 heterocycles. The van der Waals surface area contributed by atoms with Crippen molar-refractivity contribution in [2.75, 3.05) is 17.2 Å². The lowest BCUT2D eigenvalue weighted by Crippen LogP contribution is -2.24. The van der Waals surface area contributed by atoms with Crippen molar-refractivity contribution < 1.29 is 9.59 Å². The first-order valence-corrected chi connectivity index (χ1v) is 9.21. The predicted octanol–water partition coefficient (Wildman–Crippen LogP) is 4.32. The highest BCUT2D eigenvalue weighted by molar-refractivity contribution is 7.17. The number of urea groups is 1. The summed E-state index contributed by atoms with van der Waals surface area (Å²) in [5, 5.41) is 8.71. The summed E-state index contributed by atoms with van der Waals surface area (Å²) in [5.41, 5.74) is 2.44. The minimum Gasteiger partial charge on any atom is -0.351 e. The molecular formula is C18H24N4O2S. The first-order chi connectivity index (χ1) is 12.0. The molecule has 25 heavy (non-hydrogen) atoms. The Morgan fingerprint density at radius 1 is 1.08 bits per heavy atom. The van der Waals surface area contributed by atoms with Crippen LogP contribution in [0.3, 0.4) is 0 Å². The quantitative estimate of drug-likeness (QED) is 0.643. The minimum absolute atomic E-state index is 0.141. The van der Waals surface area contributed by atoms with Crippen LogP contribution in [0, 0.1) is 13.8 Å². The highest BCUT2D eigenvalue weighted by atomic mass is 32.1. The molecule has 2 rings (SSSR count). The van der Waals surface area contributed by atoms with Crippen LogP contribution in [0.2, 0.25) is 0 Å². The van der Waals surface area contributed by atoms with Gasteiger partial charge in [0, 0.05) is 12.2 Å². The summed E-state index contributed by atoms with van der Waals surface area (Å²) in [6.07, 6.45) is 3.16. The fraction of sp³-hybridized carbons (Fsp3) is 0.389. The lowest BCUT2D eigenvalue weighted by molar-refractivity contribution is 0.0956. The molecule has 0 aliphatic rings. The number of hydrogen-bond acceptors (Lipinski definition) is 4. The maximum absolute atomic E-state index is 12.2. The van der Waals surface area contributed by atoms with E-state index in [2.05, 4.69) is 27.9 Å². The van der Waals surface area contributed by atoms with E-state index in [0.717, 1.165) is 24.8 Å². The molecule has 0 fully saturated rings. The van der Waals surface area contributed by atoms with E-state index in [1.54, 1.807) is 6.92 Å². The fourth-order valence-electron chi connectivity index (χ4n) is 2.21. The van der Waals surface area contributed by atoms with Gasteiger partial charge in [0.2, 0.25) is 0 Å². The van der Waals surface area contributed by atoms with Gasteiger partial charge in [0.25, 0.3) is 5.91 Å². The van der Waals surface area contributed by atoms with E-state index in [-0.39, 0.29) is 11.9 Å². The Morgan fingerprint density at radius 3 is 2.48 bits per heavy atom. The Balaban J connectivity index is 1.91. The molecule has 0 aliphatic carbocycles. The van der Waals surface area contributed by atoms with Crippen molar-refractivity contribution >= 4 is 34.1 Å². The normalized spacial score (nSPS) is 10.4. The van der Waals surface area contributed by atoms with E-state index in [1.807, 2.05) is 31.2 Å². The van der Waals surface area contributed by atoms with Crippen LogP contribution in [-0.4, -0.2) is 23.5 Å². The molecule has 0 atom stereocenters. The van der Waals surface area contributed by atoms with Gasteiger partial charge < -0.3 is 10.6 Å². The van der Waals surface area contributed by atoms with Crippen molar-refractivity contribution in [2.24, 2.45) is 0 Å². The molecule has 2 aromatic rings. The number of carbonyl (C=O) groups is 2. The molecular weight excluding hydrogens is 336 g/mol. The zero-order chi connectivity index (χ0) is 18.2. The van der Waals surface area contributed by atoms with Gasteiger partial charge >= 0.3 is 6.03 Å². The summed E-state index contributed by atoms with van der Waals surface area (Å²) in [5.74, 6) is -0.141. The molecule has 0 radical (unpaired) electrons. The van der Waals surface area contributed by atoms with Crippen molar-refractivity contribution in [1.29, 1.82) is 0 Å². The number of rotatable bonds is 7. The van der Waals surface area contributed by atoms with E-state index in [9.17, 15) is 9.59 Å². The number of nitrogens with one attached hydrogen (secondary N) is 3. The molecule has 134 valence electrons. The molecule has 7 heteroatoms. The molecule has 0 saturated carbocycles. The number of carbonyl (C=O) groups excluding carboxylic acids is 2. The summed E-state index contributed by atoms with van der Waals surface area (Å²) in [6, 6.07) is 7.12. The number of amides is 3. The van der Waals surface area contributed by atoms with Crippen molar-refractivity contribution in [1.82, 2.24) is 10.3 Å². The van der Waals surface area contributed by atoms with Crippen LogP contribution in [0.1, 0.15) is 47.1 Å². The van der Waals surface area contributed by atoms with Crippen LogP contribution < -0.4 is 16.0 Å². The third-order valence-corrected chi connectivity index (χ3v) is 4.67. The van der Waals surface area contributed by atoms with Gasteiger partial charge in [-0.15, -0.1) is 0 Å². The fourth-order valence-corrected chi connectivity index (χ4v) is 3.09. The van der Waals surface area contributed by atoms with Crippen LogP contribution in [0.5, 0.6) is 0 Å². The summed E-state index contributed by atoms with van der Waals surface area (Å²) >= 11 is 1.18. The molecule has 3 N–H and O–H groups in total. The van der Waals surface area contributed by atoms with E-state index in [1.165, 1.54) is 11.3 Å². The number of nitrogens with zero attached hydrogens (tertiary/aromatic N) is 1. The molecule has 0 spiro atoms. The monoisotopic (exact) mass is 360 g/mol. The van der Waals surface area contributed by atoms with Gasteiger partial charge in [-0.25, -0.2) is 9.78 Å². The number of benzene rings is 1. The van der Waals surface area contributed by atoms with Gasteiger partial charge in [-0.05, 0) is 32.4 Å². The van der Waals surface area contributed by atoms with Gasteiger partial charge in [0.1, 0.15) is 4.88 Å². The van der Waals surface area contributed by atoms with Crippen LogP contribution in [0.4, 0.5) is 15.6 Å². The molecule has 0 unspecified atom stereocenters. The second-order valence-corrected chi connectivity index (χ2v) is 6.84. The van der Waals surface area contributed by atoms with Crippen molar-refractivity contribution in [3.8, 4) is 0 Å². The van der Waals surface area contributed by atoms with Crippen molar-refractivity contribution in [3.63, 3.8) is 0 Å². The number of thiazole rings is 1. The van der Waals surface area contributed by atoms with Crippen LogP contribution in [0.15, 0.2) is 24.3 Å². The summed E-state index contributed by atoms with van der Waals surface area (Å²) in [6.45, 7) is 6.52. The van der Waals surface area contributed by atoms with Crippen LogP contribution >= 0.6 is 11.3 Å². The summed E-state index contributed by atoms with van der Waals surface area (Å²) < 4.78 is 0. The first kappa shape index (κ1) is 18.9. The highest BCUT2D eigenvalue weighted by Crippen LogP contribution is 2.22. The molecule has 3 amide bonds. The maximum Gasteiger partial charge on any atom is 0.325 e. The van der Waals surface area contributed by atoms with E-state index >= 15 is 0 Å². The largest absolute Gasteiger partial charge is 0.351 e. The van der Waals surface area contributed by atoms with Gasteiger partial charge in [-0.3, -0.25) is 10.1 Å². The average molecular weight is 360 g/mol. The topological polar surface area (TPSA) is 83.1 Å². The smallest absolute Gasteiger partial charge is 0.325 e. The van der Waals surface area contributed by atoms with Gasteiger partial charge in [-0.2, -0.15) is 0 Å². The number of aromatic nitrogens is 1. The summed E-state index contributed by atoms with van der Waals surface area (Å²) in [7, 11) is 0. The average Bonchev–Trinajstić information content (AvgIpc) is 2.94. The van der Waals surface area contributed by atoms with Gasteiger partial charge in [-0.1, -0.05) is 48.8 Å². The van der Waals surface area contributed by atoms with Crippen molar-refractivity contribution in [3.05, 3.63) is 40.4 Å². The molecule has 1 aromatic heterocycles. The third-order valence-electron chi connectivity index (χ3n) is 3.60. The molecule has 0 saturated heterocycles. The highest BCUT2D eigenvalue weighted by Gasteiger charge is 2.16. The number of unbranched alkanes of at least 4 members (excludes halogenated alkanes) is 2. The Labute approximate surface area is 152 Å². The predicted molar refractivity (Wildman–Crippen MR) is 103 cm³/mol. The SMILES string of the molecule is CCCCCNC(=O)c1sc(NC(=O)Nc2ccc(C)cc2)nc1C. The standard InChI is InChI=1S/C18H24N4O2S/c1-4-5-6-11-19-16(23)15-13(3)20-18(25-15)22-17(24)21-14-9-7-12(2)8-10-14/h7-10H,4-6,11H2,1-3H3,(H,19,23)(H2,20,21,22,24). The van der Waals surface area contributed by atoms with Crippen molar-refractivity contribution in [2.45, 2.75) is 40.0 Å². The Kier molecular flexibility index (Phi) is 6.94. The van der Waals surface area contributed by atoms with Gasteiger partial charge in [0.15, 0.2) is 5.13 Å². The van der Waals surface area contributed by atoms with E-state index in [0.29, 0.717) is 27.9 Å². The van der Waals surface area contributed by atoms with E-state index in [4.69, 9.17) is 0 Å². The number of hydrogen-bond donors (Lipinski definition) is 3. The van der Waals surface area contributed by atoms with Gasteiger partial charge in [0.05, 0.1) is 5.69 Å². The number of anilines is 2. The lowest BCUT2D eigenvalue weighted by Gasteiger charge is -2.05. The zero-order valence-electron chi connectivity index (χ0n) is 14.8. The maximum atomic E-state index is 12.2. The Hall–Kier alpha value is -2.41. The van der Waals surface area contributed by atoms with E-state index < -0.39 is 0 Å². The summed E-state index contributed by atoms with van der Waals surface area (Å²) in [4.78, 5) is 29.0. The zero-order valence-corrected chi connectivity index (χ0v) is 15.6. The van der Waals surface area contributed by atoms with Crippen LogP contribution in [0.25, 0.3) is 0 Å². The molecule has 0 aliphatic heterocycles. The van der Waals surface area contributed by atoms with Crippen LogP contribution in [-0.2, 0) is 0 Å². The Morgan fingerprint density at radius 2 is 1.80 bits per heavy atom. The minimum atomic E-state index is -0.382. The molecule has 1 aromatic carbocycles. The Bertz CT molecular complexity index is 725. The lowest BCUT2D eigenvalue weighted by atomic mass is 10.2. The second kappa shape index (κ2) is 9.17. The first-order valence-electron chi connectivity index (χ1n) is 8.40. The second-order valence-electron chi connectivity index (χ2n) is 5.84. The molecule has 6 nitrogen and oxygen atoms in total.